The molecular weight excluding hydrogens is 434 g/mol. The molecule has 1 N–H and O–H groups in total. The van der Waals surface area contributed by atoms with Gasteiger partial charge in [0.25, 0.3) is 5.91 Å². The number of rotatable bonds is 6. The van der Waals surface area contributed by atoms with E-state index < -0.39 is 6.10 Å². The van der Waals surface area contributed by atoms with E-state index in [9.17, 15) is 9.59 Å². The van der Waals surface area contributed by atoms with Gasteiger partial charge in [-0.15, -0.1) is 0 Å². The number of hydrogen-bond acceptors (Lipinski definition) is 3. The molecule has 0 heterocycles. The maximum atomic E-state index is 13.0. The van der Waals surface area contributed by atoms with Crippen molar-refractivity contribution in [3.05, 3.63) is 93.5 Å². The van der Waals surface area contributed by atoms with E-state index in [1.165, 1.54) is 5.56 Å². The van der Waals surface area contributed by atoms with Gasteiger partial charge in [-0.25, -0.2) is 0 Å². The number of ketones is 1. The van der Waals surface area contributed by atoms with Gasteiger partial charge in [-0.3, -0.25) is 9.59 Å². The highest BCUT2D eigenvalue weighted by Gasteiger charge is 2.18. The van der Waals surface area contributed by atoms with Crippen molar-refractivity contribution in [1.29, 1.82) is 0 Å². The smallest absolute Gasteiger partial charge is 0.265 e. The highest BCUT2D eigenvalue weighted by Crippen LogP contribution is 2.27. The number of halogens is 1. The third-order valence-corrected chi connectivity index (χ3v) is 6.09. The molecule has 33 heavy (non-hydrogen) atoms. The average Bonchev–Trinajstić information content (AvgIpc) is 2.76. The standard InChI is InChI=1S/C28H30ClNO3/c1-17-14-24(15-18(2)25(17)29)33-19(3)27(32)30-23-9-7-8-21(16-23)26(31)20-10-12-22(13-11-20)28(4,5)6/h7-16,19H,1-6H3,(H,30,32)/t19-/m1/s1. The van der Waals surface area contributed by atoms with E-state index in [4.69, 9.17) is 16.3 Å². The number of aryl methyl sites for hydroxylation is 2. The Morgan fingerprint density at radius 1 is 0.909 bits per heavy atom. The molecule has 0 aliphatic carbocycles. The molecular formula is C28H30ClNO3. The van der Waals surface area contributed by atoms with Gasteiger partial charge in [0, 0.05) is 21.8 Å². The van der Waals surface area contributed by atoms with Crippen LogP contribution < -0.4 is 10.1 Å². The maximum Gasteiger partial charge on any atom is 0.265 e. The van der Waals surface area contributed by atoms with Crippen molar-refractivity contribution < 1.29 is 14.3 Å². The fourth-order valence-corrected chi connectivity index (χ4v) is 3.61. The van der Waals surface area contributed by atoms with Gasteiger partial charge in [0.15, 0.2) is 11.9 Å². The van der Waals surface area contributed by atoms with Gasteiger partial charge in [-0.2, -0.15) is 0 Å². The fourth-order valence-electron chi connectivity index (χ4n) is 3.50. The molecule has 172 valence electrons. The minimum absolute atomic E-state index is 0.0218. The summed E-state index contributed by atoms with van der Waals surface area (Å²) >= 11 is 6.21. The average molecular weight is 464 g/mol. The molecule has 0 aliphatic heterocycles. The number of hydrogen-bond donors (Lipinski definition) is 1. The van der Waals surface area contributed by atoms with Gasteiger partial charge in [0.1, 0.15) is 5.75 Å². The van der Waals surface area contributed by atoms with E-state index in [1.54, 1.807) is 31.2 Å². The van der Waals surface area contributed by atoms with E-state index in [2.05, 4.69) is 26.1 Å². The summed E-state index contributed by atoms with van der Waals surface area (Å²) in [7, 11) is 0. The zero-order chi connectivity index (χ0) is 24.3. The number of ether oxygens (including phenoxy) is 1. The van der Waals surface area contributed by atoms with Crippen LogP contribution in [-0.4, -0.2) is 17.8 Å². The number of carbonyl (C=O) groups excluding carboxylic acids is 2. The summed E-state index contributed by atoms with van der Waals surface area (Å²) in [5, 5.41) is 3.52. The molecule has 0 radical (unpaired) electrons. The summed E-state index contributed by atoms with van der Waals surface area (Å²) in [6, 6.07) is 18.2. The van der Waals surface area contributed by atoms with Gasteiger partial charge in [-0.1, -0.05) is 68.8 Å². The predicted molar refractivity (Wildman–Crippen MR) is 135 cm³/mol. The highest BCUT2D eigenvalue weighted by molar-refractivity contribution is 6.32. The summed E-state index contributed by atoms with van der Waals surface area (Å²) in [4.78, 5) is 25.7. The van der Waals surface area contributed by atoms with Gasteiger partial charge in [-0.05, 0) is 67.1 Å². The SMILES string of the molecule is Cc1cc(O[C@H](C)C(=O)Nc2cccc(C(=O)c3ccc(C(C)(C)C)cc3)c2)cc(C)c1Cl. The molecule has 3 aromatic rings. The van der Waals surface area contributed by atoms with Crippen LogP contribution in [0.4, 0.5) is 5.69 Å². The van der Waals surface area contributed by atoms with Crippen molar-refractivity contribution >= 4 is 29.0 Å². The number of carbonyl (C=O) groups is 2. The summed E-state index contributed by atoms with van der Waals surface area (Å²) in [6.45, 7) is 11.9. The van der Waals surface area contributed by atoms with Gasteiger partial charge in [0.2, 0.25) is 0 Å². The molecule has 5 heteroatoms. The molecule has 4 nitrogen and oxygen atoms in total. The molecule has 0 aromatic heterocycles. The minimum Gasteiger partial charge on any atom is -0.481 e. The van der Waals surface area contributed by atoms with Gasteiger partial charge in [0.05, 0.1) is 0 Å². The fraction of sp³-hybridized carbons (Fsp3) is 0.286. The number of benzene rings is 3. The minimum atomic E-state index is -0.728. The van der Waals surface area contributed by atoms with E-state index in [0.29, 0.717) is 27.6 Å². The zero-order valence-corrected chi connectivity index (χ0v) is 20.7. The van der Waals surface area contributed by atoms with Crippen molar-refractivity contribution in [3.63, 3.8) is 0 Å². The third kappa shape index (κ3) is 6.02. The van der Waals surface area contributed by atoms with E-state index >= 15 is 0 Å². The van der Waals surface area contributed by atoms with Crippen LogP contribution in [0.15, 0.2) is 60.7 Å². The lowest BCUT2D eigenvalue weighted by molar-refractivity contribution is -0.122. The van der Waals surface area contributed by atoms with Crippen LogP contribution in [0.5, 0.6) is 5.75 Å². The summed E-state index contributed by atoms with van der Waals surface area (Å²) < 4.78 is 5.81. The molecule has 0 bridgehead atoms. The summed E-state index contributed by atoms with van der Waals surface area (Å²) in [6.07, 6.45) is -0.728. The predicted octanol–water partition coefficient (Wildman–Crippen LogP) is 6.89. The Morgan fingerprint density at radius 2 is 1.52 bits per heavy atom. The number of nitrogens with one attached hydrogen (secondary N) is 1. The Morgan fingerprint density at radius 3 is 2.09 bits per heavy atom. The monoisotopic (exact) mass is 463 g/mol. The molecule has 0 saturated heterocycles. The van der Waals surface area contributed by atoms with Crippen LogP contribution in [0.3, 0.4) is 0 Å². The van der Waals surface area contributed by atoms with Crippen molar-refractivity contribution in [1.82, 2.24) is 0 Å². The Hall–Kier alpha value is -3.11. The van der Waals surface area contributed by atoms with E-state index in [1.807, 2.05) is 50.2 Å². The molecule has 0 saturated carbocycles. The second-order valence-corrected chi connectivity index (χ2v) is 9.74. The molecule has 0 spiro atoms. The summed E-state index contributed by atoms with van der Waals surface area (Å²) in [5.41, 5.74) is 4.62. The second-order valence-electron chi connectivity index (χ2n) is 9.36. The highest BCUT2D eigenvalue weighted by atomic mass is 35.5. The lowest BCUT2D eigenvalue weighted by atomic mass is 9.86. The zero-order valence-electron chi connectivity index (χ0n) is 20.0. The maximum absolute atomic E-state index is 13.0. The van der Waals surface area contributed by atoms with E-state index in [0.717, 1.165) is 11.1 Å². The number of anilines is 1. The molecule has 1 atom stereocenters. The van der Waals surface area contributed by atoms with Crippen LogP contribution in [0, 0.1) is 13.8 Å². The molecule has 3 aromatic carbocycles. The van der Waals surface area contributed by atoms with Crippen molar-refractivity contribution in [3.8, 4) is 5.75 Å². The molecule has 0 aliphatic rings. The first-order chi connectivity index (χ1) is 15.5. The Kier molecular flexibility index (Phi) is 7.28. The lowest BCUT2D eigenvalue weighted by Gasteiger charge is -2.19. The van der Waals surface area contributed by atoms with Crippen LogP contribution in [0.25, 0.3) is 0 Å². The van der Waals surface area contributed by atoms with Gasteiger partial charge < -0.3 is 10.1 Å². The Labute approximate surface area is 200 Å². The van der Waals surface area contributed by atoms with Crippen molar-refractivity contribution in [2.45, 2.75) is 53.1 Å². The normalized spacial score (nSPS) is 12.2. The topological polar surface area (TPSA) is 55.4 Å². The lowest BCUT2D eigenvalue weighted by Crippen LogP contribution is -2.30. The van der Waals surface area contributed by atoms with Crippen LogP contribution in [0.1, 0.15) is 60.3 Å². The van der Waals surface area contributed by atoms with Crippen molar-refractivity contribution in [2.24, 2.45) is 0 Å². The van der Waals surface area contributed by atoms with Crippen LogP contribution in [0.2, 0.25) is 5.02 Å². The first-order valence-electron chi connectivity index (χ1n) is 11.0. The molecule has 0 unspecified atom stereocenters. The first-order valence-corrected chi connectivity index (χ1v) is 11.3. The summed E-state index contributed by atoms with van der Waals surface area (Å²) in [5.74, 6) is 0.182. The molecule has 3 rings (SSSR count). The first kappa shape index (κ1) is 24.5. The second kappa shape index (κ2) is 9.80. The van der Waals surface area contributed by atoms with Gasteiger partial charge >= 0.3 is 0 Å². The largest absolute Gasteiger partial charge is 0.481 e. The van der Waals surface area contributed by atoms with E-state index in [-0.39, 0.29) is 17.1 Å². The van der Waals surface area contributed by atoms with Crippen LogP contribution in [-0.2, 0) is 10.2 Å². The molecule has 1 amide bonds. The third-order valence-electron chi connectivity index (χ3n) is 5.50. The Bertz CT molecular complexity index is 1150. The van der Waals surface area contributed by atoms with Crippen LogP contribution >= 0.6 is 11.6 Å². The Balaban J connectivity index is 1.70. The molecule has 0 fully saturated rings. The van der Waals surface area contributed by atoms with Crippen molar-refractivity contribution in [2.75, 3.05) is 5.32 Å². The number of amides is 1. The quantitative estimate of drug-likeness (QED) is 0.405.